The number of aryl methyl sites for hydroxylation is 1. The number of carbonyl (C=O) groups excluding carboxylic acids is 1. The number of amides is 1. The van der Waals surface area contributed by atoms with Crippen LogP contribution in [0.2, 0.25) is 0 Å². The molecule has 1 amide bonds. The highest BCUT2D eigenvalue weighted by atomic mass is 16.1. The van der Waals surface area contributed by atoms with Gasteiger partial charge in [-0.2, -0.15) is 0 Å². The Morgan fingerprint density at radius 1 is 1.00 bits per heavy atom. The summed E-state index contributed by atoms with van der Waals surface area (Å²) in [7, 11) is 0. The summed E-state index contributed by atoms with van der Waals surface area (Å²) in [5.41, 5.74) is 3.44. The van der Waals surface area contributed by atoms with E-state index in [9.17, 15) is 4.79 Å². The van der Waals surface area contributed by atoms with E-state index in [4.69, 9.17) is 0 Å². The molecule has 2 N–H and O–H groups in total. The molecule has 5 nitrogen and oxygen atoms in total. The van der Waals surface area contributed by atoms with Crippen LogP contribution in [0.4, 0.5) is 11.6 Å². The van der Waals surface area contributed by atoms with Gasteiger partial charge < -0.3 is 10.6 Å². The van der Waals surface area contributed by atoms with Gasteiger partial charge in [-0.05, 0) is 30.7 Å². The zero-order chi connectivity index (χ0) is 16.8. The second-order valence-electron chi connectivity index (χ2n) is 5.42. The Balaban J connectivity index is 1.64. The van der Waals surface area contributed by atoms with E-state index in [1.165, 1.54) is 5.56 Å². The van der Waals surface area contributed by atoms with Crippen LogP contribution in [0.15, 0.2) is 66.9 Å². The van der Waals surface area contributed by atoms with Gasteiger partial charge >= 0.3 is 0 Å². The molecular formula is C19H18N4O. The van der Waals surface area contributed by atoms with Gasteiger partial charge in [0.05, 0.1) is 0 Å². The predicted octanol–water partition coefficient (Wildman–Crippen LogP) is 3.46. The minimum atomic E-state index is -0.228. The third-order valence-corrected chi connectivity index (χ3v) is 3.49. The van der Waals surface area contributed by atoms with E-state index in [1.807, 2.05) is 61.5 Å². The van der Waals surface area contributed by atoms with Gasteiger partial charge in [0.2, 0.25) is 5.95 Å². The van der Waals surface area contributed by atoms with Crippen LogP contribution in [0.1, 0.15) is 21.6 Å². The molecule has 0 bridgehead atoms. The first-order valence-corrected chi connectivity index (χ1v) is 7.69. The Morgan fingerprint density at radius 2 is 1.75 bits per heavy atom. The molecule has 0 atom stereocenters. The summed E-state index contributed by atoms with van der Waals surface area (Å²) in [4.78, 5) is 20.7. The number of nitrogens with one attached hydrogen (secondary N) is 2. The Kier molecular flexibility index (Phi) is 4.81. The van der Waals surface area contributed by atoms with E-state index in [0.29, 0.717) is 18.2 Å². The van der Waals surface area contributed by atoms with Gasteiger partial charge in [0.1, 0.15) is 5.69 Å². The first-order valence-electron chi connectivity index (χ1n) is 7.69. The molecule has 2 aromatic carbocycles. The Labute approximate surface area is 140 Å². The number of aromatic nitrogens is 2. The number of hydrogen-bond donors (Lipinski definition) is 2. The molecule has 0 unspecified atom stereocenters. The molecule has 0 aliphatic carbocycles. The van der Waals surface area contributed by atoms with Crippen LogP contribution in [0, 0.1) is 6.92 Å². The van der Waals surface area contributed by atoms with E-state index < -0.39 is 0 Å². The van der Waals surface area contributed by atoms with E-state index in [0.717, 1.165) is 11.3 Å². The summed E-state index contributed by atoms with van der Waals surface area (Å²) in [6, 6.07) is 19.2. The molecule has 120 valence electrons. The first kappa shape index (κ1) is 15.7. The van der Waals surface area contributed by atoms with Gasteiger partial charge in [-0.3, -0.25) is 4.79 Å². The van der Waals surface area contributed by atoms with Crippen molar-refractivity contribution >= 4 is 17.5 Å². The highest BCUT2D eigenvalue weighted by molar-refractivity contribution is 5.92. The predicted molar refractivity (Wildman–Crippen MR) is 94.1 cm³/mol. The van der Waals surface area contributed by atoms with Crippen molar-refractivity contribution in [2.75, 3.05) is 5.32 Å². The van der Waals surface area contributed by atoms with E-state index in [2.05, 4.69) is 20.6 Å². The molecule has 0 radical (unpaired) electrons. The largest absolute Gasteiger partial charge is 0.347 e. The first-order chi connectivity index (χ1) is 11.7. The number of hydrogen-bond acceptors (Lipinski definition) is 4. The van der Waals surface area contributed by atoms with Gasteiger partial charge in [-0.1, -0.05) is 48.0 Å². The molecule has 5 heteroatoms. The molecule has 0 spiro atoms. The molecule has 0 fully saturated rings. The van der Waals surface area contributed by atoms with Crippen LogP contribution in [-0.4, -0.2) is 15.9 Å². The topological polar surface area (TPSA) is 66.9 Å². The average Bonchev–Trinajstić information content (AvgIpc) is 2.62. The molecule has 24 heavy (non-hydrogen) atoms. The number of carbonyl (C=O) groups is 1. The molecule has 3 rings (SSSR count). The molecule has 3 aromatic rings. The average molecular weight is 318 g/mol. The lowest BCUT2D eigenvalue weighted by Crippen LogP contribution is -2.24. The van der Waals surface area contributed by atoms with Gasteiger partial charge in [0.25, 0.3) is 5.91 Å². The number of nitrogens with zero attached hydrogens (tertiary/aromatic N) is 2. The van der Waals surface area contributed by atoms with Gasteiger partial charge in [0.15, 0.2) is 0 Å². The molecule has 0 aliphatic heterocycles. The van der Waals surface area contributed by atoms with E-state index >= 15 is 0 Å². The summed E-state index contributed by atoms with van der Waals surface area (Å²) in [6.07, 6.45) is 1.57. The SMILES string of the molecule is Cc1ccc(CNC(=O)c2ccnc(Nc3ccccc3)n2)cc1. The van der Waals surface area contributed by atoms with Gasteiger partial charge in [0, 0.05) is 18.4 Å². The normalized spacial score (nSPS) is 10.2. The molecule has 1 aromatic heterocycles. The summed E-state index contributed by atoms with van der Waals surface area (Å²) < 4.78 is 0. The fourth-order valence-corrected chi connectivity index (χ4v) is 2.17. The number of anilines is 2. The Hall–Kier alpha value is -3.21. The fourth-order valence-electron chi connectivity index (χ4n) is 2.17. The molecule has 0 saturated heterocycles. The van der Waals surface area contributed by atoms with Crippen LogP contribution in [-0.2, 0) is 6.54 Å². The quantitative estimate of drug-likeness (QED) is 0.756. The summed E-state index contributed by atoms with van der Waals surface area (Å²) in [5, 5.41) is 5.95. The maximum atomic E-state index is 12.3. The van der Waals surface area contributed by atoms with Crippen LogP contribution >= 0.6 is 0 Å². The van der Waals surface area contributed by atoms with Crippen LogP contribution in [0.5, 0.6) is 0 Å². The number of para-hydroxylation sites is 1. The van der Waals surface area contributed by atoms with Crippen molar-refractivity contribution in [2.45, 2.75) is 13.5 Å². The Bertz CT molecular complexity index is 816. The lowest BCUT2D eigenvalue weighted by atomic mass is 10.1. The van der Waals surface area contributed by atoms with Crippen molar-refractivity contribution in [2.24, 2.45) is 0 Å². The summed E-state index contributed by atoms with van der Waals surface area (Å²) >= 11 is 0. The van der Waals surface area contributed by atoms with Crippen molar-refractivity contribution in [3.05, 3.63) is 83.7 Å². The maximum absolute atomic E-state index is 12.3. The minimum Gasteiger partial charge on any atom is -0.347 e. The highest BCUT2D eigenvalue weighted by Crippen LogP contribution is 2.11. The smallest absolute Gasteiger partial charge is 0.270 e. The minimum absolute atomic E-state index is 0.228. The monoisotopic (exact) mass is 318 g/mol. The standard InChI is InChI=1S/C19H18N4O/c1-14-7-9-15(10-8-14)13-21-18(24)17-11-12-20-19(23-17)22-16-5-3-2-4-6-16/h2-12H,13H2,1H3,(H,21,24)(H,20,22,23). The Morgan fingerprint density at radius 3 is 2.50 bits per heavy atom. The second-order valence-corrected chi connectivity index (χ2v) is 5.42. The third kappa shape index (κ3) is 4.16. The van der Waals surface area contributed by atoms with Gasteiger partial charge in [-0.25, -0.2) is 9.97 Å². The zero-order valence-corrected chi connectivity index (χ0v) is 13.4. The molecular weight excluding hydrogens is 300 g/mol. The van der Waals surface area contributed by atoms with Gasteiger partial charge in [-0.15, -0.1) is 0 Å². The van der Waals surface area contributed by atoms with Crippen molar-refractivity contribution in [1.29, 1.82) is 0 Å². The zero-order valence-electron chi connectivity index (χ0n) is 13.4. The lowest BCUT2D eigenvalue weighted by Gasteiger charge is -2.07. The highest BCUT2D eigenvalue weighted by Gasteiger charge is 2.08. The summed E-state index contributed by atoms with van der Waals surface area (Å²) in [5.74, 6) is 0.165. The summed E-state index contributed by atoms with van der Waals surface area (Å²) in [6.45, 7) is 2.50. The fraction of sp³-hybridized carbons (Fsp3) is 0.105. The number of benzene rings is 2. The third-order valence-electron chi connectivity index (χ3n) is 3.49. The second kappa shape index (κ2) is 7.37. The van der Waals surface area contributed by atoms with E-state index in [-0.39, 0.29) is 5.91 Å². The van der Waals surface area contributed by atoms with Crippen LogP contribution in [0.3, 0.4) is 0 Å². The molecule has 0 saturated carbocycles. The lowest BCUT2D eigenvalue weighted by molar-refractivity contribution is 0.0946. The van der Waals surface area contributed by atoms with Crippen molar-refractivity contribution in [1.82, 2.24) is 15.3 Å². The van der Waals surface area contributed by atoms with Crippen molar-refractivity contribution in [3.8, 4) is 0 Å². The molecule has 1 heterocycles. The van der Waals surface area contributed by atoms with Crippen molar-refractivity contribution in [3.63, 3.8) is 0 Å². The maximum Gasteiger partial charge on any atom is 0.270 e. The van der Waals surface area contributed by atoms with E-state index in [1.54, 1.807) is 12.3 Å². The molecule has 0 aliphatic rings. The van der Waals surface area contributed by atoms with Crippen LogP contribution < -0.4 is 10.6 Å². The van der Waals surface area contributed by atoms with Crippen molar-refractivity contribution < 1.29 is 4.79 Å². The number of rotatable bonds is 5. The van der Waals surface area contributed by atoms with Crippen LogP contribution in [0.25, 0.3) is 0 Å².